The van der Waals surface area contributed by atoms with Gasteiger partial charge in [-0.05, 0) is 26.7 Å². The normalized spacial score (nSPS) is 14.2. The van der Waals surface area contributed by atoms with Gasteiger partial charge in [0.1, 0.15) is 12.2 Å². The van der Waals surface area contributed by atoms with Crippen molar-refractivity contribution in [3.05, 3.63) is 0 Å². The van der Waals surface area contributed by atoms with Gasteiger partial charge in [-0.15, -0.1) is 0 Å². The van der Waals surface area contributed by atoms with Crippen molar-refractivity contribution < 1.29 is 41.4 Å². The number of rotatable bonds is 39. The summed E-state index contributed by atoms with van der Waals surface area (Å²) in [5.74, 6) is 0.0280. The Morgan fingerprint density at radius 1 is 0.491 bits per heavy atom. The van der Waals surface area contributed by atoms with Gasteiger partial charge in [0, 0.05) is 12.8 Å². The van der Waals surface area contributed by atoms with Crippen LogP contribution in [0.25, 0.3) is 0 Å². The number of carbonyl (C=O) groups excluding carboxylic acids is 2. The molecule has 10 heteroatoms. The van der Waals surface area contributed by atoms with Crippen LogP contribution < -0.4 is 0 Å². The molecule has 0 heterocycles. The van der Waals surface area contributed by atoms with E-state index in [1.807, 2.05) is 14.1 Å². The van der Waals surface area contributed by atoms with Crippen molar-refractivity contribution in [2.24, 2.45) is 0 Å². The first-order valence-electron chi connectivity index (χ1n) is 22.9. The summed E-state index contributed by atoms with van der Waals surface area (Å²) >= 11 is 0. The lowest BCUT2D eigenvalue weighted by molar-refractivity contribution is -0.927. The summed E-state index contributed by atoms with van der Waals surface area (Å²) in [6.45, 7) is 7.87. The van der Waals surface area contributed by atoms with Crippen molar-refractivity contribution in [1.82, 2.24) is 0 Å². The van der Waals surface area contributed by atoms with Crippen LogP contribution >= 0.6 is 0 Å². The number of hydrogen-bond donors (Lipinski definition) is 2. The molecule has 2 N–H and O–H groups in total. The number of carbonyl (C=O) groups is 2. The zero-order chi connectivity index (χ0) is 41.8. The van der Waals surface area contributed by atoms with Crippen LogP contribution in [0.2, 0.25) is 0 Å². The molecule has 0 rings (SSSR count). The number of nitrogens with zero attached hydrogens (tertiary/aromatic N) is 1. The zero-order valence-corrected chi connectivity index (χ0v) is 38.0. The summed E-state index contributed by atoms with van der Waals surface area (Å²) in [5, 5.41) is 21.5. The summed E-state index contributed by atoms with van der Waals surface area (Å²) in [4.78, 5) is 26.9. The van der Waals surface area contributed by atoms with E-state index < -0.39 is 34.7 Å². The fourth-order valence-electron chi connectivity index (χ4n) is 8.20. The van der Waals surface area contributed by atoms with Gasteiger partial charge in [0.25, 0.3) is 0 Å². The lowest BCUT2D eigenvalue weighted by Gasteiger charge is -2.45. The summed E-state index contributed by atoms with van der Waals surface area (Å²) in [7, 11) is 0.0972. The van der Waals surface area contributed by atoms with Crippen molar-refractivity contribution in [1.29, 1.82) is 0 Å². The molecule has 0 aliphatic carbocycles. The minimum Gasteiger partial charge on any atom is -0.726 e. The first-order valence-corrected chi connectivity index (χ1v) is 24.3. The van der Waals surface area contributed by atoms with Crippen LogP contribution in [-0.2, 0) is 24.2 Å². The van der Waals surface area contributed by atoms with Crippen molar-refractivity contribution in [2.75, 3.05) is 21.2 Å². The molecule has 330 valence electrons. The average molecular weight is 806 g/mol. The maximum atomic E-state index is 13.5. The van der Waals surface area contributed by atoms with E-state index in [1.54, 1.807) is 13.8 Å². The molecule has 0 radical (unpaired) electrons. The maximum Gasteiger partial charge on any atom is 0.217 e. The number of likely N-dealkylation sites (N-methyl/N-ethyl adjacent to an activating group) is 1. The molecule has 0 aliphatic heterocycles. The first kappa shape index (κ1) is 56.2. The fraction of sp³-hybridized carbons (Fsp3) is 0.956. The van der Waals surface area contributed by atoms with E-state index >= 15 is 0 Å². The summed E-state index contributed by atoms with van der Waals surface area (Å²) in [6.07, 6.45) is 37.6. The van der Waals surface area contributed by atoms with Crippen molar-refractivity contribution in [3.8, 4) is 0 Å². The number of quaternary nitrogens is 1. The van der Waals surface area contributed by atoms with Crippen LogP contribution in [0, 0.1) is 0 Å². The third-order valence-electron chi connectivity index (χ3n) is 11.3. The maximum absolute atomic E-state index is 13.5. The lowest BCUT2D eigenvalue weighted by Crippen LogP contribution is -2.67. The highest BCUT2D eigenvalue weighted by Gasteiger charge is 2.48. The topological polar surface area (TPSA) is 141 Å². The summed E-state index contributed by atoms with van der Waals surface area (Å²) < 4.78 is 31.0. The highest BCUT2D eigenvalue weighted by molar-refractivity contribution is 7.80. The third-order valence-corrected chi connectivity index (χ3v) is 11.7. The second kappa shape index (κ2) is 37.4. The standard InChI is InChI=1S/C44H88NO4.CH4O4S/c1-7-9-11-13-15-17-19-21-23-25-27-29-31-33-35-37-41(48)43(39(3)46)45(5,6)44(40(4)47)42(49)38-36-34-32-30-28-26-24-22-20-18-16-14-12-10-8-2;1-5-6(2,3)4/h39-40,43-44,46-47H,7-38H2,1-6H3;1H3,(H,2,3,4)/q+1;/p-1. The second-order valence-electron chi connectivity index (χ2n) is 16.9. The average Bonchev–Trinajstić information content (AvgIpc) is 3.11. The van der Waals surface area contributed by atoms with Gasteiger partial charge in [-0.1, -0.05) is 194 Å². The molecule has 0 saturated carbocycles. The number of Topliss-reactive ketones (excluding diaryl/α,β-unsaturated/α-hetero) is 2. The Hall–Kier alpha value is -0.910. The number of aliphatic hydroxyl groups excluding tert-OH is 2. The van der Waals surface area contributed by atoms with Crippen LogP contribution in [0.15, 0.2) is 0 Å². The molecule has 0 fully saturated rings. The molecular formula is C45H91NO8S. The first-order chi connectivity index (χ1) is 26.2. The molecule has 0 aromatic heterocycles. The van der Waals surface area contributed by atoms with Gasteiger partial charge < -0.3 is 19.2 Å². The molecule has 0 saturated heterocycles. The Morgan fingerprint density at radius 3 is 0.836 bits per heavy atom. The van der Waals surface area contributed by atoms with Crippen molar-refractivity contribution >= 4 is 22.0 Å². The molecule has 4 unspecified atom stereocenters. The third kappa shape index (κ3) is 33.7. The van der Waals surface area contributed by atoms with Gasteiger partial charge in [-0.25, -0.2) is 8.42 Å². The molecular weight excluding hydrogens is 715 g/mol. The number of hydrogen-bond acceptors (Lipinski definition) is 8. The Bertz CT molecular complexity index is 925. The number of ketones is 2. The van der Waals surface area contributed by atoms with Gasteiger partial charge in [0.2, 0.25) is 10.4 Å². The fourth-order valence-corrected chi connectivity index (χ4v) is 8.20. The van der Waals surface area contributed by atoms with E-state index in [9.17, 15) is 32.8 Å². The molecule has 0 aliphatic rings. The SMILES string of the molecule is CCCCCCCCCCCCCCCCCC(=O)C(C(C)O)[N+](C)(C)C(C(=O)CCCCCCCCCCCCCCCCC)C(C)O.COS(=O)(=O)[O-]. The minimum atomic E-state index is -4.41. The Kier molecular flexibility index (Phi) is 38.2. The van der Waals surface area contributed by atoms with Crippen LogP contribution in [0.5, 0.6) is 0 Å². The van der Waals surface area contributed by atoms with Gasteiger partial charge in [-0.3, -0.25) is 13.8 Å². The smallest absolute Gasteiger partial charge is 0.217 e. The van der Waals surface area contributed by atoms with E-state index in [4.69, 9.17) is 0 Å². The van der Waals surface area contributed by atoms with E-state index in [0.29, 0.717) is 12.8 Å². The largest absolute Gasteiger partial charge is 0.726 e. The molecule has 4 atom stereocenters. The van der Waals surface area contributed by atoms with Gasteiger partial charge >= 0.3 is 0 Å². The predicted molar refractivity (Wildman–Crippen MR) is 229 cm³/mol. The van der Waals surface area contributed by atoms with E-state index in [1.165, 1.54) is 154 Å². The van der Waals surface area contributed by atoms with Crippen LogP contribution in [0.3, 0.4) is 0 Å². The second-order valence-corrected chi connectivity index (χ2v) is 18.1. The molecule has 0 aromatic rings. The predicted octanol–water partition coefficient (Wildman–Crippen LogP) is 11.3. The lowest BCUT2D eigenvalue weighted by atomic mass is 9.91. The van der Waals surface area contributed by atoms with E-state index in [0.717, 1.165) is 45.6 Å². The quantitative estimate of drug-likeness (QED) is 0.0271. The minimum absolute atomic E-state index is 0.0140. The molecule has 0 bridgehead atoms. The van der Waals surface area contributed by atoms with E-state index in [-0.39, 0.29) is 16.0 Å². The highest BCUT2D eigenvalue weighted by atomic mass is 32.3. The molecule has 0 amide bonds. The van der Waals surface area contributed by atoms with E-state index in [2.05, 4.69) is 18.0 Å². The Labute approximate surface area is 341 Å². The Morgan fingerprint density at radius 2 is 0.673 bits per heavy atom. The highest BCUT2D eigenvalue weighted by Crippen LogP contribution is 2.25. The van der Waals surface area contributed by atoms with Crippen LogP contribution in [-0.4, -0.2) is 84.7 Å². The molecule has 9 nitrogen and oxygen atoms in total. The zero-order valence-electron chi connectivity index (χ0n) is 37.1. The number of aliphatic hydroxyl groups is 2. The summed E-state index contributed by atoms with van der Waals surface area (Å²) in [5.41, 5.74) is 0. The Balaban J connectivity index is 0. The van der Waals surface area contributed by atoms with Crippen molar-refractivity contribution in [3.63, 3.8) is 0 Å². The molecule has 0 aromatic carbocycles. The molecule has 0 spiro atoms. The van der Waals surface area contributed by atoms with Crippen molar-refractivity contribution in [2.45, 2.75) is 257 Å². The van der Waals surface area contributed by atoms with Gasteiger partial charge in [0.05, 0.1) is 21.2 Å². The number of unbranched alkanes of at least 4 members (excludes halogenated alkanes) is 28. The van der Waals surface area contributed by atoms with Crippen LogP contribution in [0.4, 0.5) is 0 Å². The van der Waals surface area contributed by atoms with Gasteiger partial charge in [0.15, 0.2) is 23.7 Å². The summed E-state index contributed by atoms with van der Waals surface area (Å²) in [6, 6.07) is -1.42. The molecule has 55 heavy (non-hydrogen) atoms. The monoisotopic (exact) mass is 806 g/mol. The van der Waals surface area contributed by atoms with Crippen LogP contribution in [0.1, 0.15) is 233 Å². The van der Waals surface area contributed by atoms with Gasteiger partial charge in [-0.2, -0.15) is 0 Å².